The molecule has 0 N–H and O–H groups in total. The van der Waals surface area contributed by atoms with Gasteiger partial charge in [-0.25, -0.2) is 0 Å². The zero-order valence-electron chi connectivity index (χ0n) is 7.35. The van der Waals surface area contributed by atoms with Crippen LogP contribution in [0, 0.1) is 17.3 Å². The summed E-state index contributed by atoms with van der Waals surface area (Å²) in [5.74, 6) is 1.76. The van der Waals surface area contributed by atoms with E-state index in [0.717, 1.165) is 11.8 Å². The van der Waals surface area contributed by atoms with Gasteiger partial charge in [0.05, 0.1) is 0 Å². The average molecular weight is 138 g/mol. The van der Waals surface area contributed by atoms with Crippen molar-refractivity contribution < 1.29 is 0 Å². The summed E-state index contributed by atoms with van der Waals surface area (Å²) in [6, 6.07) is 0. The van der Waals surface area contributed by atoms with Gasteiger partial charge in [-0.2, -0.15) is 0 Å². The van der Waals surface area contributed by atoms with Crippen LogP contribution in [0.15, 0.2) is 12.7 Å². The second-order valence-electron chi connectivity index (χ2n) is 4.53. The maximum absolute atomic E-state index is 3.80. The number of allylic oxidation sites excluding steroid dienone is 1. The predicted octanol–water partition coefficient (Wildman–Crippen LogP) is 3.24. The quantitative estimate of drug-likeness (QED) is 0.488. The molecule has 0 atom stereocenters. The fraction of sp³-hybridized carbons (Fsp3) is 0.800. The highest BCUT2D eigenvalue weighted by Crippen LogP contribution is 2.45. The Balaban J connectivity index is 2.32. The van der Waals surface area contributed by atoms with Crippen LogP contribution in [-0.2, 0) is 0 Å². The molecule has 0 heterocycles. The van der Waals surface area contributed by atoms with Crippen LogP contribution in [0.1, 0.15) is 33.6 Å². The van der Waals surface area contributed by atoms with Crippen molar-refractivity contribution in [2.45, 2.75) is 33.6 Å². The number of hydrogen-bond donors (Lipinski definition) is 0. The highest BCUT2D eigenvalue weighted by molar-refractivity contribution is 4.94. The molecule has 0 aliphatic heterocycles. The van der Waals surface area contributed by atoms with Crippen LogP contribution in [0.3, 0.4) is 0 Å². The lowest BCUT2D eigenvalue weighted by Crippen LogP contribution is -2.32. The molecule has 0 saturated heterocycles. The van der Waals surface area contributed by atoms with Crippen LogP contribution in [0.4, 0.5) is 0 Å². The summed E-state index contributed by atoms with van der Waals surface area (Å²) < 4.78 is 0. The molecule has 0 bridgehead atoms. The molecule has 0 amide bonds. The third-order valence-electron chi connectivity index (χ3n) is 2.73. The van der Waals surface area contributed by atoms with Crippen LogP contribution >= 0.6 is 0 Å². The van der Waals surface area contributed by atoms with E-state index in [2.05, 4.69) is 33.4 Å². The van der Waals surface area contributed by atoms with Gasteiger partial charge in [0.1, 0.15) is 0 Å². The summed E-state index contributed by atoms with van der Waals surface area (Å²) in [6.07, 6.45) is 4.84. The number of hydrogen-bond acceptors (Lipinski definition) is 0. The molecule has 0 aromatic rings. The lowest BCUT2D eigenvalue weighted by atomic mass is 9.63. The van der Waals surface area contributed by atoms with E-state index in [9.17, 15) is 0 Å². The van der Waals surface area contributed by atoms with Crippen molar-refractivity contribution in [1.29, 1.82) is 0 Å². The molecule has 0 unspecified atom stereocenters. The Bertz CT molecular complexity index is 121. The van der Waals surface area contributed by atoms with E-state index in [-0.39, 0.29) is 0 Å². The molecule has 0 aromatic carbocycles. The van der Waals surface area contributed by atoms with E-state index in [1.54, 1.807) is 0 Å². The van der Waals surface area contributed by atoms with Gasteiger partial charge in [0.25, 0.3) is 0 Å². The normalized spacial score (nSPS) is 33.1. The molecule has 1 fully saturated rings. The molecule has 10 heavy (non-hydrogen) atoms. The van der Waals surface area contributed by atoms with E-state index in [1.165, 1.54) is 12.8 Å². The van der Waals surface area contributed by atoms with Gasteiger partial charge in [-0.3, -0.25) is 0 Å². The van der Waals surface area contributed by atoms with Crippen molar-refractivity contribution in [3.63, 3.8) is 0 Å². The van der Waals surface area contributed by atoms with Crippen molar-refractivity contribution in [3.05, 3.63) is 12.7 Å². The van der Waals surface area contributed by atoms with E-state index in [0.29, 0.717) is 5.41 Å². The molecule has 58 valence electrons. The van der Waals surface area contributed by atoms with Gasteiger partial charge in [0, 0.05) is 0 Å². The molecule has 0 spiro atoms. The summed E-state index contributed by atoms with van der Waals surface area (Å²) in [7, 11) is 0. The lowest BCUT2D eigenvalue weighted by molar-refractivity contribution is 0.101. The van der Waals surface area contributed by atoms with E-state index in [4.69, 9.17) is 0 Å². The van der Waals surface area contributed by atoms with E-state index in [1.807, 2.05) is 0 Å². The Morgan fingerprint density at radius 2 is 1.80 bits per heavy atom. The second kappa shape index (κ2) is 2.41. The summed E-state index contributed by atoms with van der Waals surface area (Å²) in [4.78, 5) is 0. The Labute approximate surface area is 64.3 Å². The molecule has 1 aliphatic carbocycles. The first-order valence-corrected chi connectivity index (χ1v) is 4.16. The van der Waals surface area contributed by atoms with Gasteiger partial charge in [-0.05, 0) is 30.1 Å². The molecule has 1 aliphatic rings. The zero-order valence-corrected chi connectivity index (χ0v) is 7.35. The summed E-state index contributed by atoms with van der Waals surface area (Å²) >= 11 is 0. The molecule has 1 saturated carbocycles. The van der Waals surface area contributed by atoms with Crippen LogP contribution in [0.2, 0.25) is 0 Å². The van der Waals surface area contributed by atoms with Crippen molar-refractivity contribution in [1.82, 2.24) is 0 Å². The van der Waals surface area contributed by atoms with Crippen LogP contribution in [0.5, 0.6) is 0 Å². The van der Waals surface area contributed by atoms with Gasteiger partial charge in [-0.15, -0.1) is 6.58 Å². The van der Waals surface area contributed by atoms with Gasteiger partial charge in [-0.1, -0.05) is 26.8 Å². The zero-order chi connectivity index (χ0) is 7.78. The predicted molar refractivity (Wildman–Crippen MR) is 45.9 cm³/mol. The van der Waals surface area contributed by atoms with Gasteiger partial charge >= 0.3 is 0 Å². The smallest absolute Gasteiger partial charge is 0.0231 e. The van der Waals surface area contributed by atoms with Crippen LogP contribution < -0.4 is 0 Å². The molecule has 0 nitrogen and oxygen atoms in total. The van der Waals surface area contributed by atoms with Gasteiger partial charge in [0.15, 0.2) is 0 Å². The average Bonchev–Trinajstić information content (AvgIpc) is 1.57. The molecule has 0 aromatic heterocycles. The van der Waals surface area contributed by atoms with Crippen molar-refractivity contribution in [2.75, 3.05) is 0 Å². The first-order chi connectivity index (χ1) is 4.54. The lowest BCUT2D eigenvalue weighted by Gasteiger charge is -2.42. The topological polar surface area (TPSA) is 0 Å². The highest BCUT2D eigenvalue weighted by atomic mass is 14.4. The van der Waals surface area contributed by atoms with Crippen molar-refractivity contribution in [2.24, 2.45) is 17.3 Å². The Morgan fingerprint density at radius 3 is 2.10 bits per heavy atom. The third kappa shape index (κ3) is 1.42. The standard InChI is InChI=1S/C10H18/c1-5-8-6-9(7-8)10(2,3)4/h5,8-9H,1,6-7H2,2-4H3. The fourth-order valence-corrected chi connectivity index (χ4v) is 1.56. The first kappa shape index (κ1) is 7.84. The largest absolute Gasteiger partial charge is 0.103 e. The van der Waals surface area contributed by atoms with Crippen molar-refractivity contribution in [3.8, 4) is 0 Å². The summed E-state index contributed by atoms with van der Waals surface area (Å²) in [5, 5.41) is 0. The monoisotopic (exact) mass is 138 g/mol. The van der Waals surface area contributed by atoms with Gasteiger partial charge in [0.2, 0.25) is 0 Å². The molecular weight excluding hydrogens is 120 g/mol. The van der Waals surface area contributed by atoms with E-state index >= 15 is 0 Å². The van der Waals surface area contributed by atoms with Gasteiger partial charge < -0.3 is 0 Å². The minimum atomic E-state index is 0.527. The summed E-state index contributed by atoms with van der Waals surface area (Å²) in [6.45, 7) is 10.8. The molecule has 1 rings (SSSR count). The minimum Gasteiger partial charge on any atom is -0.103 e. The molecule has 0 radical (unpaired) electrons. The van der Waals surface area contributed by atoms with E-state index < -0.39 is 0 Å². The Kier molecular flexibility index (Phi) is 1.89. The minimum absolute atomic E-state index is 0.527. The summed E-state index contributed by atoms with van der Waals surface area (Å²) in [5.41, 5.74) is 0.527. The molecule has 0 heteroatoms. The highest BCUT2D eigenvalue weighted by Gasteiger charge is 2.35. The number of rotatable bonds is 1. The Morgan fingerprint density at radius 1 is 1.30 bits per heavy atom. The van der Waals surface area contributed by atoms with Crippen LogP contribution in [0.25, 0.3) is 0 Å². The second-order valence-corrected chi connectivity index (χ2v) is 4.53. The van der Waals surface area contributed by atoms with Crippen molar-refractivity contribution >= 4 is 0 Å². The Hall–Kier alpha value is -0.260. The maximum atomic E-state index is 3.80. The van der Waals surface area contributed by atoms with Crippen LogP contribution in [-0.4, -0.2) is 0 Å². The first-order valence-electron chi connectivity index (χ1n) is 4.16. The SMILES string of the molecule is C=CC1CC(C(C)(C)C)C1. The fourth-order valence-electron chi connectivity index (χ4n) is 1.56. The maximum Gasteiger partial charge on any atom is -0.0231 e. The molecular formula is C10H18. The third-order valence-corrected chi connectivity index (χ3v) is 2.73.